The second-order valence-corrected chi connectivity index (χ2v) is 6.99. The maximum atomic E-state index is 12.1. The molecule has 0 radical (unpaired) electrons. The summed E-state index contributed by atoms with van der Waals surface area (Å²) in [6, 6.07) is 9.29. The molecule has 0 fully saturated rings. The molecule has 6 nitrogen and oxygen atoms in total. The first-order valence-corrected chi connectivity index (χ1v) is 8.79. The first-order valence-electron chi connectivity index (χ1n) is 7.97. The highest BCUT2D eigenvalue weighted by Crippen LogP contribution is 2.42. The molecule has 2 atom stereocenters. The van der Waals surface area contributed by atoms with Crippen LogP contribution in [0.15, 0.2) is 30.3 Å². The van der Waals surface area contributed by atoms with Crippen LogP contribution in [0.2, 0.25) is 0 Å². The third kappa shape index (κ3) is 3.83. The van der Waals surface area contributed by atoms with Crippen LogP contribution < -0.4 is 5.32 Å². The SMILES string of the molecule is CC1Cc2c(sc(NC(=O)OCc3ccccc3)c2C(=O)O)C(C)O1. The van der Waals surface area contributed by atoms with E-state index in [2.05, 4.69) is 5.32 Å². The van der Waals surface area contributed by atoms with Crippen molar-refractivity contribution in [3.05, 3.63) is 51.9 Å². The maximum absolute atomic E-state index is 12.1. The molecule has 0 saturated heterocycles. The second kappa shape index (κ2) is 7.25. The van der Waals surface area contributed by atoms with Gasteiger partial charge in [-0.3, -0.25) is 5.32 Å². The molecule has 1 amide bonds. The smallest absolute Gasteiger partial charge is 0.412 e. The van der Waals surface area contributed by atoms with Crippen LogP contribution in [0.5, 0.6) is 0 Å². The Labute approximate surface area is 149 Å². The summed E-state index contributed by atoms with van der Waals surface area (Å²) in [6.07, 6.45) is -0.421. The first kappa shape index (κ1) is 17.4. The number of rotatable bonds is 4. The van der Waals surface area contributed by atoms with E-state index in [-0.39, 0.29) is 24.4 Å². The Bertz CT molecular complexity index is 786. The number of nitrogens with one attached hydrogen (secondary N) is 1. The molecule has 0 aliphatic carbocycles. The van der Waals surface area contributed by atoms with Gasteiger partial charge in [-0.15, -0.1) is 11.3 Å². The number of benzene rings is 1. The van der Waals surface area contributed by atoms with E-state index in [1.54, 1.807) is 0 Å². The molecule has 2 aromatic rings. The Balaban J connectivity index is 1.77. The van der Waals surface area contributed by atoms with E-state index in [1.807, 2.05) is 44.2 Å². The quantitative estimate of drug-likeness (QED) is 0.852. The molecule has 2 heterocycles. The normalized spacial score (nSPS) is 19.1. The van der Waals surface area contributed by atoms with Gasteiger partial charge in [0.25, 0.3) is 0 Å². The zero-order chi connectivity index (χ0) is 18.0. The lowest BCUT2D eigenvalue weighted by atomic mass is 9.99. The monoisotopic (exact) mass is 361 g/mol. The van der Waals surface area contributed by atoms with Gasteiger partial charge in [0.1, 0.15) is 11.6 Å². The van der Waals surface area contributed by atoms with Gasteiger partial charge in [-0.2, -0.15) is 0 Å². The van der Waals surface area contributed by atoms with Crippen molar-refractivity contribution in [2.45, 2.75) is 39.1 Å². The fourth-order valence-corrected chi connectivity index (χ4v) is 4.12. The predicted octanol–water partition coefficient (Wildman–Crippen LogP) is 4.22. The topological polar surface area (TPSA) is 84.9 Å². The van der Waals surface area contributed by atoms with Gasteiger partial charge < -0.3 is 14.6 Å². The van der Waals surface area contributed by atoms with Crippen LogP contribution in [0.3, 0.4) is 0 Å². The summed E-state index contributed by atoms with van der Waals surface area (Å²) >= 11 is 1.23. The molecule has 0 spiro atoms. The van der Waals surface area contributed by atoms with Gasteiger partial charge in [-0.1, -0.05) is 30.3 Å². The van der Waals surface area contributed by atoms with E-state index >= 15 is 0 Å². The van der Waals surface area contributed by atoms with E-state index in [4.69, 9.17) is 9.47 Å². The summed E-state index contributed by atoms with van der Waals surface area (Å²) in [6.45, 7) is 3.91. The molecular weight excluding hydrogens is 342 g/mol. The molecule has 0 saturated carbocycles. The minimum atomic E-state index is -1.06. The number of carboxylic acids is 1. The average Bonchev–Trinajstić information content (AvgIpc) is 2.92. The third-order valence-corrected chi connectivity index (χ3v) is 5.29. The van der Waals surface area contributed by atoms with Crippen molar-refractivity contribution in [3.63, 3.8) is 0 Å². The molecule has 1 aromatic heterocycles. The lowest BCUT2D eigenvalue weighted by Gasteiger charge is -2.25. The van der Waals surface area contributed by atoms with Crippen molar-refractivity contribution < 1.29 is 24.2 Å². The van der Waals surface area contributed by atoms with Gasteiger partial charge in [0, 0.05) is 11.3 Å². The molecule has 1 aromatic carbocycles. The number of fused-ring (bicyclic) bond motifs is 1. The summed E-state index contributed by atoms with van der Waals surface area (Å²) < 4.78 is 10.9. The van der Waals surface area contributed by atoms with Crippen molar-refractivity contribution >= 4 is 28.4 Å². The minimum absolute atomic E-state index is 0.0620. The summed E-state index contributed by atoms with van der Waals surface area (Å²) in [5.41, 5.74) is 1.73. The van der Waals surface area contributed by atoms with Crippen molar-refractivity contribution in [2.24, 2.45) is 0 Å². The largest absolute Gasteiger partial charge is 0.478 e. The van der Waals surface area contributed by atoms with Gasteiger partial charge in [-0.05, 0) is 25.0 Å². The van der Waals surface area contributed by atoms with E-state index < -0.39 is 12.1 Å². The maximum Gasteiger partial charge on any atom is 0.412 e. The lowest BCUT2D eigenvalue weighted by molar-refractivity contribution is -0.00238. The highest BCUT2D eigenvalue weighted by molar-refractivity contribution is 7.17. The molecule has 132 valence electrons. The Hall–Kier alpha value is -2.38. The molecule has 1 aliphatic rings. The number of anilines is 1. The lowest BCUT2D eigenvalue weighted by Crippen LogP contribution is -2.22. The summed E-state index contributed by atoms with van der Waals surface area (Å²) in [5.74, 6) is -1.06. The number of carboxylic acid groups (broad SMARTS) is 1. The first-order chi connectivity index (χ1) is 12.0. The van der Waals surface area contributed by atoms with Crippen molar-refractivity contribution in [1.29, 1.82) is 0 Å². The van der Waals surface area contributed by atoms with Crippen LogP contribution in [-0.2, 0) is 22.5 Å². The van der Waals surface area contributed by atoms with Gasteiger partial charge in [0.05, 0.1) is 17.8 Å². The molecule has 0 bridgehead atoms. The molecule has 25 heavy (non-hydrogen) atoms. The van der Waals surface area contributed by atoms with Crippen LogP contribution in [0.4, 0.5) is 9.80 Å². The summed E-state index contributed by atoms with van der Waals surface area (Å²) in [5, 5.41) is 12.4. The molecule has 3 rings (SSSR count). The Kier molecular flexibility index (Phi) is 5.06. The van der Waals surface area contributed by atoms with Crippen LogP contribution >= 0.6 is 11.3 Å². The number of aromatic carboxylic acids is 1. The predicted molar refractivity (Wildman–Crippen MR) is 94.2 cm³/mol. The number of hydrogen-bond donors (Lipinski definition) is 2. The van der Waals surface area contributed by atoms with Gasteiger partial charge in [-0.25, -0.2) is 9.59 Å². The Morgan fingerprint density at radius 3 is 2.72 bits per heavy atom. The second-order valence-electron chi connectivity index (χ2n) is 5.93. The van der Waals surface area contributed by atoms with Gasteiger partial charge in [0.2, 0.25) is 0 Å². The number of amides is 1. The minimum Gasteiger partial charge on any atom is -0.478 e. The summed E-state index contributed by atoms with van der Waals surface area (Å²) in [7, 11) is 0. The van der Waals surface area contributed by atoms with E-state index in [0.29, 0.717) is 11.4 Å². The Morgan fingerprint density at radius 2 is 2.04 bits per heavy atom. The fourth-order valence-electron chi connectivity index (χ4n) is 2.93. The average molecular weight is 361 g/mol. The third-order valence-electron chi connectivity index (χ3n) is 3.98. The summed E-state index contributed by atoms with van der Waals surface area (Å²) in [4.78, 5) is 24.6. The van der Waals surface area contributed by atoms with Crippen LogP contribution in [0, 0.1) is 0 Å². The zero-order valence-electron chi connectivity index (χ0n) is 13.9. The van der Waals surface area contributed by atoms with Crippen molar-refractivity contribution in [1.82, 2.24) is 0 Å². The van der Waals surface area contributed by atoms with Crippen molar-refractivity contribution in [2.75, 3.05) is 5.32 Å². The zero-order valence-corrected chi connectivity index (χ0v) is 14.8. The molecule has 7 heteroatoms. The van der Waals surface area contributed by atoms with Crippen molar-refractivity contribution in [3.8, 4) is 0 Å². The standard InChI is InChI=1S/C18H19NO5S/c1-10-8-13-14(17(20)21)16(25-15(13)11(2)24-10)19-18(22)23-9-12-6-4-3-5-7-12/h3-7,10-11H,8-9H2,1-2H3,(H,19,22)(H,20,21). The molecule has 1 aliphatic heterocycles. The number of carbonyl (C=O) groups is 2. The van der Waals surface area contributed by atoms with Gasteiger partial charge >= 0.3 is 12.1 Å². The number of carbonyl (C=O) groups excluding carboxylic acids is 1. The highest BCUT2D eigenvalue weighted by Gasteiger charge is 2.32. The number of thiophene rings is 1. The van der Waals surface area contributed by atoms with Crippen LogP contribution in [0.1, 0.15) is 46.3 Å². The fraction of sp³-hybridized carbons (Fsp3) is 0.333. The number of ether oxygens (including phenoxy) is 2. The van der Waals surface area contributed by atoms with Crippen LogP contribution in [0.25, 0.3) is 0 Å². The molecule has 2 unspecified atom stereocenters. The van der Waals surface area contributed by atoms with Gasteiger partial charge in [0.15, 0.2) is 0 Å². The molecular formula is C18H19NO5S. The number of hydrogen-bond acceptors (Lipinski definition) is 5. The van der Waals surface area contributed by atoms with E-state index in [9.17, 15) is 14.7 Å². The van der Waals surface area contributed by atoms with E-state index in [1.165, 1.54) is 11.3 Å². The Morgan fingerprint density at radius 1 is 1.32 bits per heavy atom. The highest BCUT2D eigenvalue weighted by atomic mass is 32.1. The molecule has 2 N–H and O–H groups in total. The van der Waals surface area contributed by atoms with Crippen LogP contribution in [-0.4, -0.2) is 23.3 Å². The van der Waals surface area contributed by atoms with E-state index in [0.717, 1.165) is 16.0 Å².